The van der Waals surface area contributed by atoms with Gasteiger partial charge in [0.25, 0.3) is 0 Å². The number of nitrogens with one attached hydrogen (secondary N) is 1. The van der Waals surface area contributed by atoms with Gasteiger partial charge in [-0.3, -0.25) is 10.2 Å². The second kappa shape index (κ2) is 6.34. The van der Waals surface area contributed by atoms with Gasteiger partial charge in [0.15, 0.2) is 0 Å². The molecule has 1 saturated heterocycles. The van der Waals surface area contributed by atoms with Gasteiger partial charge in [-0.1, -0.05) is 6.92 Å². The second-order valence-electron chi connectivity index (χ2n) is 5.37. The first-order valence-electron chi connectivity index (χ1n) is 6.59. The number of hydrogen-bond acceptors (Lipinski definition) is 4. The molecule has 0 aliphatic carbocycles. The Morgan fingerprint density at radius 1 is 1.47 bits per heavy atom. The fourth-order valence-corrected chi connectivity index (χ4v) is 2.45. The largest absolute Gasteiger partial charge is 0.304 e. The summed E-state index contributed by atoms with van der Waals surface area (Å²) < 4.78 is 0. The van der Waals surface area contributed by atoms with Crippen LogP contribution in [-0.2, 0) is 0 Å². The predicted octanol–water partition coefficient (Wildman–Crippen LogP) is 0.904. The molecule has 17 heavy (non-hydrogen) atoms. The van der Waals surface area contributed by atoms with Crippen molar-refractivity contribution in [3.05, 3.63) is 0 Å². The molecule has 0 bridgehead atoms. The van der Waals surface area contributed by atoms with E-state index >= 15 is 0 Å². The lowest BCUT2D eigenvalue weighted by Gasteiger charge is -2.39. The van der Waals surface area contributed by atoms with Crippen LogP contribution in [0.25, 0.3) is 0 Å². The normalized spacial score (nSPS) is 26.4. The van der Waals surface area contributed by atoms with Crippen molar-refractivity contribution >= 4 is 0 Å². The maximum atomic E-state index is 9.21. The first kappa shape index (κ1) is 14.4. The minimum Gasteiger partial charge on any atom is -0.304 e. The van der Waals surface area contributed by atoms with E-state index in [-0.39, 0.29) is 5.54 Å². The van der Waals surface area contributed by atoms with Gasteiger partial charge in [-0.2, -0.15) is 5.26 Å². The quantitative estimate of drug-likeness (QED) is 0.773. The van der Waals surface area contributed by atoms with E-state index in [4.69, 9.17) is 0 Å². The molecule has 2 atom stereocenters. The van der Waals surface area contributed by atoms with Gasteiger partial charge in [-0.25, -0.2) is 0 Å². The fraction of sp³-hybridized carbons (Fsp3) is 0.923. The van der Waals surface area contributed by atoms with Gasteiger partial charge in [-0.15, -0.1) is 0 Å². The zero-order chi connectivity index (χ0) is 12.9. The summed E-state index contributed by atoms with van der Waals surface area (Å²) in [6.07, 6.45) is 0.894. The van der Waals surface area contributed by atoms with Crippen LogP contribution in [0.5, 0.6) is 0 Å². The van der Waals surface area contributed by atoms with Gasteiger partial charge in [0, 0.05) is 32.2 Å². The number of piperazine rings is 1. The zero-order valence-corrected chi connectivity index (χ0v) is 11.7. The topological polar surface area (TPSA) is 42.3 Å². The second-order valence-corrected chi connectivity index (χ2v) is 5.37. The third-order valence-electron chi connectivity index (χ3n) is 3.68. The average molecular weight is 238 g/mol. The van der Waals surface area contributed by atoms with Crippen LogP contribution >= 0.6 is 0 Å². The lowest BCUT2D eigenvalue weighted by Crippen LogP contribution is -2.52. The maximum absolute atomic E-state index is 9.21. The molecule has 0 spiro atoms. The standard InChI is InChI=1S/C13H26N4/c1-5-15-13(3,11-14)6-7-17-9-8-16(4)10-12(17)2/h12,15H,5-10H2,1-4H3. The highest BCUT2D eigenvalue weighted by molar-refractivity contribution is 5.04. The number of likely N-dealkylation sites (N-methyl/N-ethyl adjacent to an activating group) is 1. The van der Waals surface area contributed by atoms with Gasteiger partial charge in [0.1, 0.15) is 5.54 Å². The van der Waals surface area contributed by atoms with E-state index in [9.17, 15) is 5.26 Å². The van der Waals surface area contributed by atoms with E-state index in [1.165, 1.54) is 0 Å². The van der Waals surface area contributed by atoms with Gasteiger partial charge >= 0.3 is 0 Å². The molecule has 4 nitrogen and oxygen atoms in total. The summed E-state index contributed by atoms with van der Waals surface area (Å²) in [6.45, 7) is 11.6. The summed E-state index contributed by atoms with van der Waals surface area (Å²) >= 11 is 0. The molecule has 4 heteroatoms. The summed E-state index contributed by atoms with van der Waals surface area (Å²) in [5, 5.41) is 12.5. The Bertz CT molecular complexity index is 273. The molecule has 1 aliphatic heterocycles. The number of rotatable bonds is 5. The van der Waals surface area contributed by atoms with Crippen LogP contribution in [0.3, 0.4) is 0 Å². The van der Waals surface area contributed by atoms with Crippen molar-refractivity contribution in [1.29, 1.82) is 5.26 Å². The highest BCUT2D eigenvalue weighted by atomic mass is 15.3. The zero-order valence-electron chi connectivity index (χ0n) is 11.7. The third-order valence-corrected chi connectivity index (χ3v) is 3.68. The molecule has 1 rings (SSSR count). The van der Waals surface area contributed by atoms with E-state index in [0.29, 0.717) is 6.04 Å². The first-order chi connectivity index (χ1) is 8.00. The van der Waals surface area contributed by atoms with Crippen LogP contribution in [0.2, 0.25) is 0 Å². The van der Waals surface area contributed by atoms with E-state index < -0.39 is 0 Å². The Labute approximate surface area is 106 Å². The smallest absolute Gasteiger partial charge is 0.105 e. The summed E-state index contributed by atoms with van der Waals surface area (Å²) in [7, 11) is 2.17. The minimum atomic E-state index is -0.377. The first-order valence-corrected chi connectivity index (χ1v) is 6.59. The molecule has 0 aromatic heterocycles. The number of hydrogen-bond donors (Lipinski definition) is 1. The molecule has 1 aliphatic rings. The van der Waals surface area contributed by atoms with Crippen LogP contribution in [-0.4, -0.2) is 61.2 Å². The van der Waals surface area contributed by atoms with E-state index in [1.807, 2.05) is 13.8 Å². The lowest BCUT2D eigenvalue weighted by molar-refractivity contribution is 0.0938. The van der Waals surface area contributed by atoms with Crippen molar-refractivity contribution in [2.24, 2.45) is 0 Å². The predicted molar refractivity (Wildman–Crippen MR) is 70.8 cm³/mol. The van der Waals surface area contributed by atoms with Gasteiger partial charge in [0.05, 0.1) is 6.07 Å². The molecule has 1 N–H and O–H groups in total. The van der Waals surface area contributed by atoms with Gasteiger partial charge < -0.3 is 4.90 Å². The molecule has 0 aromatic rings. The van der Waals surface area contributed by atoms with Crippen LogP contribution in [0.1, 0.15) is 27.2 Å². The van der Waals surface area contributed by atoms with Crippen molar-refractivity contribution in [2.75, 3.05) is 39.8 Å². The Morgan fingerprint density at radius 3 is 2.71 bits per heavy atom. The Morgan fingerprint density at radius 2 is 2.18 bits per heavy atom. The maximum Gasteiger partial charge on any atom is 0.105 e. The SMILES string of the molecule is CCNC(C)(C#N)CCN1CCN(C)CC1C. The van der Waals surface area contributed by atoms with Gasteiger partial charge in [0.2, 0.25) is 0 Å². The Balaban J connectivity index is 2.42. The molecule has 0 amide bonds. The van der Waals surface area contributed by atoms with Crippen LogP contribution in [0, 0.1) is 11.3 Å². The summed E-state index contributed by atoms with van der Waals surface area (Å²) in [6, 6.07) is 2.99. The highest BCUT2D eigenvalue weighted by Crippen LogP contribution is 2.13. The van der Waals surface area contributed by atoms with Crippen molar-refractivity contribution < 1.29 is 0 Å². The highest BCUT2D eigenvalue weighted by Gasteiger charge is 2.26. The minimum absolute atomic E-state index is 0.377. The van der Waals surface area contributed by atoms with Crippen LogP contribution in [0.15, 0.2) is 0 Å². The van der Waals surface area contributed by atoms with Gasteiger partial charge in [-0.05, 0) is 33.9 Å². The van der Waals surface area contributed by atoms with Crippen LogP contribution in [0.4, 0.5) is 0 Å². The fourth-order valence-electron chi connectivity index (χ4n) is 2.45. The van der Waals surface area contributed by atoms with E-state index in [0.717, 1.165) is 39.1 Å². The third kappa shape index (κ3) is 4.27. The Hall–Kier alpha value is -0.630. The summed E-state index contributed by atoms with van der Waals surface area (Å²) in [5.41, 5.74) is -0.377. The van der Waals surface area contributed by atoms with Crippen molar-refractivity contribution in [1.82, 2.24) is 15.1 Å². The molecule has 0 saturated carbocycles. The van der Waals surface area contributed by atoms with Crippen molar-refractivity contribution in [2.45, 2.75) is 38.8 Å². The molecule has 98 valence electrons. The number of nitrogens with zero attached hydrogens (tertiary/aromatic N) is 3. The molecule has 0 aromatic carbocycles. The summed E-state index contributed by atoms with van der Waals surface area (Å²) in [5.74, 6) is 0. The molecular formula is C13H26N4. The monoisotopic (exact) mass is 238 g/mol. The van der Waals surface area contributed by atoms with Crippen molar-refractivity contribution in [3.8, 4) is 6.07 Å². The molecular weight excluding hydrogens is 212 g/mol. The molecule has 2 unspecified atom stereocenters. The van der Waals surface area contributed by atoms with E-state index in [1.54, 1.807) is 0 Å². The van der Waals surface area contributed by atoms with Crippen molar-refractivity contribution in [3.63, 3.8) is 0 Å². The molecule has 0 radical (unpaired) electrons. The number of nitriles is 1. The van der Waals surface area contributed by atoms with Crippen LogP contribution < -0.4 is 5.32 Å². The lowest BCUT2D eigenvalue weighted by atomic mass is 9.99. The molecule has 1 fully saturated rings. The molecule has 1 heterocycles. The van der Waals surface area contributed by atoms with E-state index in [2.05, 4.69) is 35.2 Å². The summed E-state index contributed by atoms with van der Waals surface area (Å²) in [4.78, 5) is 4.86. The average Bonchev–Trinajstić information content (AvgIpc) is 2.28. The Kier molecular flexibility index (Phi) is 5.38.